The number of nitrogens with zero attached hydrogens (tertiary/aromatic N) is 1. The van der Waals surface area contributed by atoms with Gasteiger partial charge in [0.2, 0.25) is 5.12 Å². The Morgan fingerprint density at radius 3 is 2.52 bits per heavy atom. The fraction of sp³-hybridized carbons (Fsp3) is 0.474. The molecule has 0 saturated carbocycles. The average Bonchev–Trinajstić information content (AvgIpc) is 2.81. The van der Waals surface area contributed by atoms with Crippen LogP contribution < -0.4 is 0 Å². The predicted octanol–water partition coefficient (Wildman–Crippen LogP) is 4.45. The molecule has 1 aromatic rings. The first-order chi connectivity index (χ1) is 11.6. The Morgan fingerprint density at radius 2 is 1.92 bits per heavy atom. The highest BCUT2D eigenvalue weighted by molar-refractivity contribution is 8.16. The number of hydrogen-bond acceptors (Lipinski definition) is 5. The van der Waals surface area contributed by atoms with Crippen LogP contribution in [0.1, 0.15) is 45.0 Å². The lowest BCUT2D eigenvalue weighted by molar-refractivity contribution is -0.0610. The number of carbonyl (C=O) groups excluding carboxylic acids is 2. The third-order valence-electron chi connectivity index (χ3n) is 3.59. The first-order valence-corrected chi connectivity index (χ1v) is 9.07. The monoisotopic (exact) mass is 363 g/mol. The summed E-state index contributed by atoms with van der Waals surface area (Å²) in [4.78, 5) is 26.2. The second-order valence-corrected chi connectivity index (χ2v) is 8.15. The van der Waals surface area contributed by atoms with Crippen molar-refractivity contribution in [3.63, 3.8) is 0 Å². The van der Waals surface area contributed by atoms with Gasteiger partial charge in [0.25, 0.3) is 0 Å². The van der Waals surface area contributed by atoms with E-state index in [1.165, 1.54) is 0 Å². The van der Waals surface area contributed by atoms with E-state index in [1.54, 1.807) is 22.4 Å². The molecule has 1 heterocycles. The maximum absolute atomic E-state index is 12.5. The number of amides is 1. The highest BCUT2D eigenvalue weighted by atomic mass is 32.2. The second kappa shape index (κ2) is 7.62. The molecule has 1 aliphatic rings. The fourth-order valence-corrected chi connectivity index (χ4v) is 3.13. The summed E-state index contributed by atoms with van der Waals surface area (Å²) < 4.78 is 11.2. The number of carbonyl (C=O) groups is 2. The first-order valence-electron chi connectivity index (χ1n) is 8.19. The van der Waals surface area contributed by atoms with Gasteiger partial charge < -0.3 is 9.47 Å². The minimum Gasteiger partial charge on any atom is -0.444 e. The van der Waals surface area contributed by atoms with Gasteiger partial charge in [-0.3, -0.25) is 9.69 Å². The third-order valence-corrected chi connectivity index (χ3v) is 4.34. The third kappa shape index (κ3) is 5.34. The first kappa shape index (κ1) is 19.5. The van der Waals surface area contributed by atoms with Crippen LogP contribution in [0.2, 0.25) is 0 Å². The molecule has 0 bridgehead atoms. The number of ether oxygens (including phenoxy) is 2. The molecule has 1 aromatic carbocycles. The number of benzene rings is 1. The van der Waals surface area contributed by atoms with E-state index < -0.39 is 17.4 Å². The Kier molecular flexibility index (Phi) is 5.95. The van der Waals surface area contributed by atoms with E-state index in [2.05, 4.69) is 0 Å². The lowest BCUT2D eigenvalue weighted by Gasteiger charge is -2.34. The minimum atomic E-state index is -0.758. The van der Waals surface area contributed by atoms with Gasteiger partial charge in [0.05, 0.1) is 12.6 Å². The van der Waals surface area contributed by atoms with Crippen LogP contribution in [0.4, 0.5) is 4.79 Å². The van der Waals surface area contributed by atoms with Crippen LogP contribution >= 0.6 is 11.8 Å². The summed E-state index contributed by atoms with van der Waals surface area (Å²) in [6, 6.07) is 8.80. The molecule has 136 valence electrons. The molecule has 0 radical (unpaired) electrons. The number of hydrogen-bond donors (Lipinski definition) is 0. The number of rotatable bonds is 3. The van der Waals surface area contributed by atoms with Gasteiger partial charge in [-0.1, -0.05) is 48.2 Å². The molecular formula is C19H25NO4S. The molecule has 1 amide bonds. The van der Waals surface area contributed by atoms with Crippen LogP contribution in [0.3, 0.4) is 0 Å². The van der Waals surface area contributed by atoms with E-state index in [0.29, 0.717) is 12.2 Å². The summed E-state index contributed by atoms with van der Waals surface area (Å²) in [5.74, 6) is 0. The van der Waals surface area contributed by atoms with Crippen LogP contribution in [0, 0.1) is 0 Å². The molecule has 2 rings (SSSR count). The summed E-state index contributed by atoms with van der Waals surface area (Å²) in [7, 11) is 0. The Bertz CT molecular complexity index is 649. The normalized spacial score (nSPS) is 20.0. The van der Waals surface area contributed by atoms with Gasteiger partial charge in [-0.05, 0) is 40.0 Å². The van der Waals surface area contributed by atoms with Gasteiger partial charge in [0, 0.05) is 5.56 Å². The SMILES string of the molecule is CC(C)(C)OC(=O)N1[C@@H](/C=C/SC(=O)c2ccccc2)COC1(C)C. The Labute approximate surface area is 153 Å². The Hall–Kier alpha value is -1.79. The molecular weight excluding hydrogens is 338 g/mol. The van der Waals surface area contributed by atoms with Crippen molar-refractivity contribution in [3.8, 4) is 0 Å². The average molecular weight is 363 g/mol. The fourth-order valence-electron chi connectivity index (χ4n) is 2.47. The van der Waals surface area contributed by atoms with Gasteiger partial charge in [-0.15, -0.1) is 0 Å². The van der Waals surface area contributed by atoms with Crippen molar-refractivity contribution in [1.82, 2.24) is 4.90 Å². The van der Waals surface area contributed by atoms with E-state index >= 15 is 0 Å². The van der Waals surface area contributed by atoms with E-state index in [9.17, 15) is 9.59 Å². The Morgan fingerprint density at radius 1 is 1.28 bits per heavy atom. The zero-order valence-corrected chi connectivity index (χ0v) is 16.1. The quantitative estimate of drug-likeness (QED) is 0.794. The highest BCUT2D eigenvalue weighted by Crippen LogP contribution is 2.30. The molecule has 5 nitrogen and oxygen atoms in total. The van der Waals surface area contributed by atoms with Crippen molar-refractivity contribution < 1.29 is 19.1 Å². The number of thioether (sulfide) groups is 1. The highest BCUT2D eigenvalue weighted by Gasteiger charge is 2.44. The summed E-state index contributed by atoms with van der Waals surface area (Å²) in [5, 5.41) is 1.67. The van der Waals surface area contributed by atoms with Crippen LogP contribution in [-0.2, 0) is 9.47 Å². The topological polar surface area (TPSA) is 55.8 Å². The molecule has 0 N–H and O–H groups in total. The predicted molar refractivity (Wildman–Crippen MR) is 99.4 cm³/mol. The van der Waals surface area contributed by atoms with E-state index in [0.717, 1.165) is 11.8 Å². The zero-order chi connectivity index (χ0) is 18.7. The van der Waals surface area contributed by atoms with Gasteiger partial charge in [-0.25, -0.2) is 4.79 Å². The molecule has 0 unspecified atom stereocenters. The van der Waals surface area contributed by atoms with Crippen molar-refractivity contribution >= 4 is 23.0 Å². The summed E-state index contributed by atoms with van der Waals surface area (Å²) in [6.45, 7) is 9.50. The van der Waals surface area contributed by atoms with Crippen molar-refractivity contribution in [3.05, 3.63) is 47.4 Å². The zero-order valence-electron chi connectivity index (χ0n) is 15.3. The Balaban J connectivity index is 2.04. The minimum absolute atomic E-state index is 0.0427. The molecule has 0 aliphatic carbocycles. The van der Waals surface area contributed by atoms with Crippen LogP contribution in [-0.4, -0.2) is 40.1 Å². The van der Waals surface area contributed by atoms with E-state index in [1.807, 2.05) is 58.9 Å². The van der Waals surface area contributed by atoms with Gasteiger partial charge in [0.15, 0.2) is 0 Å². The molecule has 1 fully saturated rings. The van der Waals surface area contributed by atoms with Gasteiger partial charge in [-0.2, -0.15) is 0 Å². The smallest absolute Gasteiger partial charge is 0.413 e. The lowest BCUT2D eigenvalue weighted by Crippen LogP contribution is -2.49. The molecule has 25 heavy (non-hydrogen) atoms. The van der Waals surface area contributed by atoms with Crippen LogP contribution in [0.5, 0.6) is 0 Å². The summed E-state index contributed by atoms with van der Waals surface area (Å²) >= 11 is 1.09. The molecule has 0 spiro atoms. The van der Waals surface area contributed by atoms with Crippen LogP contribution in [0.25, 0.3) is 0 Å². The molecule has 1 saturated heterocycles. The van der Waals surface area contributed by atoms with E-state index in [-0.39, 0.29) is 11.2 Å². The standard InChI is InChI=1S/C19H25NO4S/c1-18(2,3)24-17(22)20-15(13-23-19(20,4)5)11-12-25-16(21)14-9-7-6-8-10-14/h6-12,15H,13H2,1-5H3/b12-11+/t15-/m0/s1. The molecule has 1 aliphatic heterocycles. The maximum atomic E-state index is 12.5. The van der Waals surface area contributed by atoms with Gasteiger partial charge >= 0.3 is 6.09 Å². The maximum Gasteiger partial charge on any atom is 0.413 e. The summed E-state index contributed by atoms with van der Waals surface area (Å²) in [6.07, 6.45) is 1.38. The van der Waals surface area contributed by atoms with Crippen LogP contribution in [0.15, 0.2) is 41.8 Å². The van der Waals surface area contributed by atoms with Crippen molar-refractivity contribution in [1.29, 1.82) is 0 Å². The lowest BCUT2D eigenvalue weighted by atomic mass is 10.2. The second-order valence-electron chi connectivity index (χ2n) is 7.28. The molecule has 0 aromatic heterocycles. The molecule has 6 heteroatoms. The largest absolute Gasteiger partial charge is 0.444 e. The van der Waals surface area contributed by atoms with Crippen molar-refractivity contribution in [2.75, 3.05) is 6.61 Å². The summed E-state index contributed by atoms with van der Waals surface area (Å²) in [5.41, 5.74) is -0.697. The van der Waals surface area contributed by atoms with Gasteiger partial charge in [0.1, 0.15) is 11.3 Å². The van der Waals surface area contributed by atoms with Crippen molar-refractivity contribution in [2.45, 2.75) is 52.0 Å². The van der Waals surface area contributed by atoms with Crippen molar-refractivity contribution in [2.24, 2.45) is 0 Å². The molecule has 1 atom stereocenters. The van der Waals surface area contributed by atoms with E-state index in [4.69, 9.17) is 9.47 Å².